The van der Waals surface area contributed by atoms with Gasteiger partial charge in [0.2, 0.25) is 0 Å². The molecule has 0 unspecified atom stereocenters. The lowest BCUT2D eigenvalue weighted by molar-refractivity contribution is 0.0535. The van der Waals surface area contributed by atoms with E-state index in [0.29, 0.717) is 30.1 Å². The van der Waals surface area contributed by atoms with Crippen molar-refractivity contribution in [2.24, 2.45) is 10.7 Å². The number of benzene rings is 1. The number of nitrogens with two attached hydrogens (primary N) is 1. The van der Waals surface area contributed by atoms with Gasteiger partial charge in [-0.25, -0.2) is 14.8 Å². The van der Waals surface area contributed by atoms with Crippen molar-refractivity contribution in [3.63, 3.8) is 0 Å². The van der Waals surface area contributed by atoms with Crippen LogP contribution >= 0.6 is 0 Å². The molecule has 0 atom stereocenters. The van der Waals surface area contributed by atoms with Crippen molar-refractivity contribution in [3.05, 3.63) is 69.5 Å². The molecule has 0 saturated heterocycles. The Kier molecular flexibility index (Phi) is 6.37. The fourth-order valence-corrected chi connectivity index (χ4v) is 3.18. The van der Waals surface area contributed by atoms with Crippen LogP contribution in [-0.2, 0) is 17.8 Å². The maximum Gasteiger partial charge on any atom is 0.338 e. The monoisotopic (exact) mass is 389 g/mol. The molecule has 0 fully saturated rings. The molecule has 1 aliphatic rings. The van der Waals surface area contributed by atoms with Gasteiger partial charge in [0.1, 0.15) is 12.7 Å². The largest absolute Gasteiger partial charge is 0.457 e. The number of hydrogen-bond acceptors (Lipinski definition) is 7. The number of nitrogens with zero attached hydrogens (tertiary/aromatic N) is 3. The van der Waals surface area contributed by atoms with E-state index in [2.05, 4.69) is 21.4 Å². The topological polar surface area (TPSA) is 113 Å². The first-order chi connectivity index (χ1) is 14.0. The highest BCUT2D eigenvalue weighted by Gasteiger charge is 2.23. The second-order valence-electron chi connectivity index (χ2n) is 6.85. The number of aliphatic imine (C=N–C) groups is 1. The van der Waals surface area contributed by atoms with Crippen LogP contribution in [0.3, 0.4) is 0 Å². The first-order valence-electron chi connectivity index (χ1n) is 9.34. The van der Waals surface area contributed by atoms with Gasteiger partial charge in [-0.05, 0) is 67.4 Å². The van der Waals surface area contributed by atoms with Crippen molar-refractivity contribution < 1.29 is 9.53 Å². The van der Waals surface area contributed by atoms with Gasteiger partial charge in [-0.2, -0.15) is 5.26 Å². The maximum absolute atomic E-state index is 11.6. The minimum Gasteiger partial charge on any atom is -0.457 e. The Morgan fingerprint density at radius 3 is 3.00 bits per heavy atom. The second-order valence-corrected chi connectivity index (χ2v) is 6.85. The molecule has 0 radical (unpaired) electrons. The van der Waals surface area contributed by atoms with Crippen molar-refractivity contribution in [1.82, 2.24) is 10.3 Å². The zero-order valence-corrected chi connectivity index (χ0v) is 16.5. The fourth-order valence-electron chi connectivity index (χ4n) is 3.18. The van der Waals surface area contributed by atoms with Crippen LogP contribution in [0.25, 0.3) is 0 Å². The Hall–Kier alpha value is -3.50. The lowest BCUT2D eigenvalue weighted by Crippen LogP contribution is -2.21. The van der Waals surface area contributed by atoms with Gasteiger partial charge in [-0.1, -0.05) is 6.07 Å². The molecule has 0 aliphatic carbocycles. The van der Waals surface area contributed by atoms with Crippen LogP contribution in [0.15, 0.2) is 41.2 Å². The summed E-state index contributed by atoms with van der Waals surface area (Å²) in [6.07, 6.45) is 5.52. The Morgan fingerprint density at radius 1 is 1.45 bits per heavy atom. The summed E-state index contributed by atoms with van der Waals surface area (Å²) in [5, 5.41) is 12.3. The quantitative estimate of drug-likeness (QED) is 0.427. The lowest BCUT2D eigenvalue weighted by atomic mass is 9.97. The van der Waals surface area contributed by atoms with Crippen LogP contribution in [0.1, 0.15) is 38.2 Å². The van der Waals surface area contributed by atoms with E-state index in [1.165, 1.54) is 18.0 Å². The first-order valence-corrected chi connectivity index (χ1v) is 9.34. The van der Waals surface area contributed by atoms with Crippen molar-refractivity contribution in [1.29, 1.82) is 5.26 Å². The molecule has 3 rings (SSSR count). The summed E-state index contributed by atoms with van der Waals surface area (Å²) in [5.41, 5.74) is 11.9. The number of nitrogens with one attached hydrogen (secondary N) is 1. The van der Waals surface area contributed by atoms with E-state index < -0.39 is 0 Å². The van der Waals surface area contributed by atoms with Gasteiger partial charge < -0.3 is 15.8 Å². The van der Waals surface area contributed by atoms with E-state index in [9.17, 15) is 4.79 Å². The van der Waals surface area contributed by atoms with Crippen LogP contribution < -0.4 is 11.1 Å². The van der Waals surface area contributed by atoms with Gasteiger partial charge in [0.15, 0.2) is 5.82 Å². The van der Waals surface area contributed by atoms with E-state index in [-0.39, 0.29) is 5.97 Å². The maximum atomic E-state index is 11.6. The second kappa shape index (κ2) is 9.13. The Labute approximate surface area is 169 Å². The van der Waals surface area contributed by atoms with Crippen LogP contribution in [0, 0.1) is 25.2 Å². The average molecular weight is 389 g/mol. The summed E-state index contributed by atoms with van der Waals surface area (Å²) < 4.78 is 5.10. The summed E-state index contributed by atoms with van der Waals surface area (Å²) in [6, 6.07) is 7.64. The van der Waals surface area contributed by atoms with Crippen molar-refractivity contribution in [3.8, 4) is 6.07 Å². The Balaban J connectivity index is 1.53. The number of aryl methyl sites for hydroxylation is 1. The van der Waals surface area contributed by atoms with Crippen molar-refractivity contribution in [2.45, 2.75) is 26.9 Å². The highest BCUT2D eigenvalue weighted by molar-refractivity contribution is 5.93. The lowest BCUT2D eigenvalue weighted by Gasteiger charge is -2.10. The number of rotatable bonds is 7. The molecule has 1 aliphatic heterocycles. The molecule has 3 N–H and O–H groups in total. The van der Waals surface area contributed by atoms with Gasteiger partial charge in [0, 0.05) is 24.5 Å². The number of fused-ring (bicyclic) bond motifs is 1. The summed E-state index contributed by atoms with van der Waals surface area (Å²) >= 11 is 0. The fraction of sp³-hybridized carbons (Fsp3) is 0.273. The molecule has 0 saturated carbocycles. The number of ether oxygens (including phenoxy) is 1. The summed E-state index contributed by atoms with van der Waals surface area (Å²) in [6.45, 7) is 5.58. The van der Waals surface area contributed by atoms with Crippen LogP contribution in [0.4, 0.5) is 5.82 Å². The molecular formula is C22H23N5O2. The predicted molar refractivity (Wildman–Crippen MR) is 111 cm³/mol. The molecule has 7 heteroatoms. The van der Waals surface area contributed by atoms with Gasteiger partial charge in [0.05, 0.1) is 11.1 Å². The minimum absolute atomic E-state index is 0.239. The van der Waals surface area contributed by atoms with E-state index in [1.54, 1.807) is 12.3 Å². The zero-order chi connectivity index (χ0) is 20.8. The first kappa shape index (κ1) is 20.2. The predicted octanol–water partition coefficient (Wildman–Crippen LogP) is 2.62. The van der Waals surface area contributed by atoms with Gasteiger partial charge in [-0.15, -0.1) is 0 Å². The highest BCUT2D eigenvalue weighted by Crippen LogP contribution is 2.26. The third-order valence-electron chi connectivity index (χ3n) is 4.92. The van der Waals surface area contributed by atoms with Crippen LogP contribution in [0.2, 0.25) is 0 Å². The molecule has 0 amide bonds. The van der Waals surface area contributed by atoms with Gasteiger partial charge in [-0.3, -0.25) is 0 Å². The highest BCUT2D eigenvalue weighted by atomic mass is 16.5. The number of pyridine rings is 1. The number of cyclic esters (lactones) is 1. The van der Waals surface area contributed by atoms with E-state index in [1.807, 2.05) is 26.0 Å². The molecule has 2 aromatic rings. The minimum atomic E-state index is -0.239. The number of aromatic nitrogens is 1. The van der Waals surface area contributed by atoms with Gasteiger partial charge >= 0.3 is 5.97 Å². The number of carbonyl (C=O) groups excluding carboxylic acids is 1. The number of carbonyl (C=O) groups is 1. The molecule has 0 spiro atoms. The van der Waals surface area contributed by atoms with E-state index in [4.69, 9.17) is 15.7 Å². The Morgan fingerprint density at radius 2 is 2.28 bits per heavy atom. The van der Waals surface area contributed by atoms with E-state index >= 15 is 0 Å². The summed E-state index contributed by atoms with van der Waals surface area (Å²) in [7, 11) is 0. The third kappa shape index (κ3) is 4.68. The van der Waals surface area contributed by atoms with E-state index in [0.717, 1.165) is 35.2 Å². The number of nitriles is 1. The molecule has 2 heterocycles. The molecular weight excluding hydrogens is 366 g/mol. The summed E-state index contributed by atoms with van der Waals surface area (Å²) in [5.74, 6) is 0.325. The molecule has 148 valence electrons. The van der Waals surface area contributed by atoms with Crippen molar-refractivity contribution in [2.75, 3.05) is 13.1 Å². The third-order valence-corrected chi connectivity index (χ3v) is 4.92. The summed E-state index contributed by atoms with van der Waals surface area (Å²) in [4.78, 5) is 20.2. The van der Waals surface area contributed by atoms with Gasteiger partial charge in [0.25, 0.3) is 0 Å². The molecule has 0 bridgehead atoms. The molecule has 29 heavy (non-hydrogen) atoms. The Bertz CT molecular complexity index is 1030. The molecule has 1 aromatic carbocycles. The van der Waals surface area contributed by atoms with Crippen LogP contribution in [-0.4, -0.2) is 30.3 Å². The SMILES string of the molecule is Cc1cc(C#N)cnc1N=CC(=CN)CNCCc1ccc2c(c1C)COC2=O. The smallest absolute Gasteiger partial charge is 0.338 e. The molecule has 7 nitrogen and oxygen atoms in total. The number of hydrogen-bond donors (Lipinski definition) is 2. The standard InChI is InChI=1S/C22H23N5O2/c1-14-7-16(8-23)11-26-21(14)27-12-17(9-24)10-25-6-5-18-3-4-19-20(15(18)2)13-29-22(19)28/h3-4,7,9,11-12,25H,5-6,10,13,24H2,1-2H3. The van der Waals surface area contributed by atoms with Crippen molar-refractivity contribution >= 4 is 18.0 Å². The average Bonchev–Trinajstić information content (AvgIpc) is 3.11. The number of esters is 1. The van der Waals surface area contributed by atoms with Crippen LogP contribution in [0.5, 0.6) is 0 Å². The zero-order valence-electron chi connectivity index (χ0n) is 16.5. The normalized spacial score (nSPS) is 13.4. The molecule has 1 aromatic heterocycles.